The van der Waals surface area contributed by atoms with Crippen LogP contribution in [0.25, 0.3) is 0 Å². The van der Waals surface area contributed by atoms with Crippen molar-refractivity contribution in [3.8, 4) is 0 Å². The lowest BCUT2D eigenvalue weighted by Crippen LogP contribution is -2.34. The van der Waals surface area contributed by atoms with Crippen LogP contribution in [0.2, 0.25) is 0 Å². The molecular weight excluding hydrogens is 248 g/mol. The Labute approximate surface area is 109 Å². The number of nitrogen functional groups attached to an aromatic ring is 1. The second-order valence-electron chi connectivity index (χ2n) is 4.16. The van der Waals surface area contributed by atoms with Gasteiger partial charge in [-0.15, -0.1) is 0 Å². The Balaban J connectivity index is 2.31. The van der Waals surface area contributed by atoms with Crippen LogP contribution < -0.4 is 22.3 Å². The van der Waals surface area contributed by atoms with E-state index in [1.807, 2.05) is 6.92 Å². The zero-order chi connectivity index (χ0) is 13.8. The van der Waals surface area contributed by atoms with E-state index in [4.69, 9.17) is 10.2 Å². The average molecular weight is 264 g/mol. The van der Waals surface area contributed by atoms with Crippen molar-refractivity contribution < 1.29 is 4.42 Å². The fraction of sp³-hybridized carbons (Fsp3) is 0.333. The molecule has 0 aliphatic rings. The molecular formula is C12H16N4O3. The van der Waals surface area contributed by atoms with Crippen LogP contribution in [0.4, 0.5) is 11.5 Å². The van der Waals surface area contributed by atoms with E-state index in [1.54, 1.807) is 18.6 Å². The Hall–Kier alpha value is -2.44. The van der Waals surface area contributed by atoms with Crippen molar-refractivity contribution >= 4 is 11.5 Å². The maximum Gasteiger partial charge on any atom is 0.330 e. The normalized spacial score (nSPS) is 10.6. The molecule has 7 heteroatoms. The van der Waals surface area contributed by atoms with Crippen LogP contribution in [-0.2, 0) is 13.1 Å². The van der Waals surface area contributed by atoms with E-state index in [0.717, 1.165) is 12.0 Å². The first kappa shape index (κ1) is 13.0. The van der Waals surface area contributed by atoms with Crippen molar-refractivity contribution in [2.24, 2.45) is 0 Å². The summed E-state index contributed by atoms with van der Waals surface area (Å²) in [7, 11) is 0. The molecule has 0 fully saturated rings. The number of rotatable bonds is 5. The van der Waals surface area contributed by atoms with Gasteiger partial charge in [0.1, 0.15) is 11.5 Å². The van der Waals surface area contributed by atoms with Crippen molar-refractivity contribution in [2.45, 2.75) is 26.4 Å². The van der Waals surface area contributed by atoms with Gasteiger partial charge in [-0.25, -0.2) is 4.79 Å². The number of nitrogens with one attached hydrogen (secondary N) is 2. The van der Waals surface area contributed by atoms with Crippen molar-refractivity contribution in [3.05, 3.63) is 45.0 Å². The summed E-state index contributed by atoms with van der Waals surface area (Å²) < 4.78 is 6.28. The lowest BCUT2D eigenvalue weighted by atomic mass is 10.3. The summed E-state index contributed by atoms with van der Waals surface area (Å²) in [4.78, 5) is 25.6. The zero-order valence-electron chi connectivity index (χ0n) is 10.6. The molecule has 0 atom stereocenters. The first-order valence-electron chi connectivity index (χ1n) is 6.01. The predicted molar refractivity (Wildman–Crippen MR) is 72.1 cm³/mol. The number of furan rings is 1. The summed E-state index contributed by atoms with van der Waals surface area (Å²) in [5, 5.41) is 2.92. The average Bonchev–Trinajstić information content (AvgIpc) is 2.87. The van der Waals surface area contributed by atoms with Crippen LogP contribution in [0.15, 0.2) is 32.6 Å². The smallest absolute Gasteiger partial charge is 0.330 e. The highest BCUT2D eigenvalue weighted by molar-refractivity contribution is 5.60. The quantitative estimate of drug-likeness (QED) is 0.738. The number of aromatic amines is 1. The van der Waals surface area contributed by atoms with Gasteiger partial charge in [0.25, 0.3) is 5.56 Å². The molecule has 7 nitrogen and oxygen atoms in total. The van der Waals surface area contributed by atoms with Crippen LogP contribution in [-0.4, -0.2) is 9.55 Å². The van der Waals surface area contributed by atoms with Gasteiger partial charge in [0.05, 0.1) is 12.5 Å². The summed E-state index contributed by atoms with van der Waals surface area (Å²) in [5.41, 5.74) is 5.95. The van der Waals surface area contributed by atoms with Gasteiger partial charge in [0.2, 0.25) is 0 Å². The number of nitrogens with zero attached hydrogens (tertiary/aromatic N) is 1. The van der Waals surface area contributed by atoms with E-state index >= 15 is 0 Å². The van der Waals surface area contributed by atoms with Crippen LogP contribution >= 0.6 is 0 Å². The maximum absolute atomic E-state index is 11.7. The predicted octanol–water partition coefficient (Wildman–Crippen LogP) is 0.734. The third-order valence-electron chi connectivity index (χ3n) is 2.74. The number of H-pyrrole nitrogens is 1. The Bertz CT molecular complexity index is 655. The minimum atomic E-state index is -0.515. The summed E-state index contributed by atoms with van der Waals surface area (Å²) in [6.45, 7) is 2.78. The molecule has 4 N–H and O–H groups in total. The Morgan fingerprint density at radius 3 is 2.89 bits per heavy atom. The molecule has 0 radical (unpaired) electrons. The molecule has 2 aromatic rings. The monoisotopic (exact) mass is 264 g/mol. The first-order chi connectivity index (χ1) is 9.13. The molecule has 0 unspecified atom stereocenters. The molecule has 2 aromatic heterocycles. The van der Waals surface area contributed by atoms with Crippen molar-refractivity contribution in [1.29, 1.82) is 0 Å². The summed E-state index contributed by atoms with van der Waals surface area (Å²) in [6, 6.07) is 1.78. The fourth-order valence-corrected chi connectivity index (χ4v) is 1.79. The molecule has 102 valence electrons. The number of aromatic nitrogens is 2. The largest absolute Gasteiger partial charge is 0.472 e. The van der Waals surface area contributed by atoms with E-state index in [9.17, 15) is 9.59 Å². The fourth-order valence-electron chi connectivity index (χ4n) is 1.79. The lowest BCUT2D eigenvalue weighted by molar-refractivity contribution is 0.564. The highest BCUT2D eigenvalue weighted by Gasteiger charge is 2.11. The molecule has 0 amide bonds. The number of nitrogens with two attached hydrogens (primary N) is 1. The zero-order valence-corrected chi connectivity index (χ0v) is 10.6. The van der Waals surface area contributed by atoms with Crippen molar-refractivity contribution in [2.75, 3.05) is 11.1 Å². The lowest BCUT2D eigenvalue weighted by Gasteiger charge is -2.12. The van der Waals surface area contributed by atoms with Gasteiger partial charge in [-0.05, 0) is 12.5 Å². The molecule has 0 spiro atoms. The highest BCUT2D eigenvalue weighted by atomic mass is 16.3. The Kier molecular flexibility index (Phi) is 3.74. The summed E-state index contributed by atoms with van der Waals surface area (Å²) in [5.74, 6) is 0.152. The second kappa shape index (κ2) is 5.47. The molecule has 0 bridgehead atoms. The summed E-state index contributed by atoms with van der Waals surface area (Å²) in [6.07, 6.45) is 3.86. The molecule has 0 aliphatic heterocycles. The van der Waals surface area contributed by atoms with E-state index in [2.05, 4.69) is 10.3 Å². The van der Waals surface area contributed by atoms with Gasteiger partial charge in [-0.2, -0.15) is 0 Å². The molecule has 19 heavy (non-hydrogen) atoms. The van der Waals surface area contributed by atoms with E-state index in [0.29, 0.717) is 13.1 Å². The van der Waals surface area contributed by atoms with Gasteiger partial charge in [-0.1, -0.05) is 6.92 Å². The third kappa shape index (κ3) is 2.70. The van der Waals surface area contributed by atoms with Gasteiger partial charge in [-0.3, -0.25) is 14.3 Å². The van der Waals surface area contributed by atoms with E-state index < -0.39 is 11.2 Å². The molecule has 2 rings (SSSR count). The molecule has 0 aliphatic carbocycles. The number of hydrogen-bond acceptors (Lipinski definition) is 5. The second-order valence-corrected chi connectivity index (χ2v) is 4.16. The molecule has 0 saturated carbocycles. The Morgan fingerprint density at radius 1 is 1.47 bits per heavy atom. The van der Waals surface area contributed by atoms with Crippen LogP contribution in [0.3, 0.4) is 0 Å². The minimum Gasteiger partial charge on any atom is -0.472 e. The summed E-state index contributed by atoms with van der Waals surface area (Å²) >= 11 is 0. The van der Waals surface area contributed by atoms with Crippen molar-refractivity contribution in [1.82, 2.24) is 9.55 Å². The van der Waals surface area contributed by atoms with Crippen LogP contribution in [0.1, 0.15) is 18.9 Å². The maximum atomic E-state index is 11.7. The molecule has 2 heterocycles. The number of anilines is 2. The van der Waals surface area contributed by atoms with E-state index in [1.165, 1.54) is 4.57 Å². The SMILES string of the molecule is CCCn1c(N)c(NCc2ccoc2)c(=O)[nH]c1=O. The topological polar surface area (TPSA) is 106 Å². The third-order valence-corrected chi connectivity index (χ3v) is 2.74. The minimum absolute atomic E-state index is 0.152. The molecule has 0 aromatic carbocycles. The van der Waals surface area contributed by atoms with Crippen molar-refractivity contribution in [3.63, 3.8) is 0 Å². The van der Waals surface area contributed by atoms with Gasteiger partial charge < -0.3 is 15.5 Å². The van der Waals surface area contributed by atoms with Crippen LogP contribution in [0, 0.1) is 0 Å². The molecule has 0 saturated heterocycles. The van der Waals surface area contributed by atoms with E-state index in [-0.39, 0.29) is 11.5 Å². The van der Waals surface area contributed by atoms with Crippen LogP contribution in [0.5, 0.6) is 0 Å². The first-order valence-corrected chi connectivity index (χ1v) is 6.01. The Morgan fingerprint density at radius 2 is 2.26 bits per heavy atom. The van der Waals surface area contributed by atoms with Gasteiger partial charge in [0.15, 0.2) is 0 Å². The standard InChI is InChI=1S/C12H16N4O3/c1-2-4-16-10(13)9(11(17)15-12(16)18)14-6-8-3-5-19-7-8/h3,5,7,14H,2,4,6,13H2,1H3,(H,15,17,18). The van der Waals surface area contributed by atoms with Gasteiger partial charge in [0, 0.05) is 18.7 Å². The number of hydrogen-bond donors (Lipinski definition) is 3. The highest BCUT2D eigenvalue weighted by Crippen LogP contribution is 2.12. The van der Waals surface area contributed by atoms with Gasteiger partial charge >= 0.3 is 5.69 Å².